The van der Waals surface area contributed by atoms with Crippen LogP contribution in [0.5, 0.6) is 23.1 Å². The highest BCUT2D eigenvalue weighted by Gasteiger charge is 2.28. The minimum atomic E-state index is 0.0137. The molecule has 3 rings (SSSR count). The molecule has 0 radical (unpaired) electrons. The van der Waals surface area contributed by atoms with Gasteiger partial charge in [-0.2, -0.15) is 0 Å². The van der Waals surface area contributed by atoms with Gasteiger partial charge in [0.2, 0.25) is 17.5 Å². The van der Waals surface area contributed by atoms with E-state index in [2.05, 4.69) is 15.6 Å². The van der Waals surface area contributed by atoms with E-state index in [0.717, 1.165) is 18.7 Å². The fraction of sp³-hybridized carbons (Fsp3) is 0.400. The van der Waals surface area contributed by atoms with Gasteiger partial charge in [0, 0.05) is 24.7 Å². The minimum Gasteiger partial charge on any atom is -0.493 e. The van der Waals surface area contributed by atoms with Crippen molar-refractivity contribution in [2.24, 2.45) is 11.8 Å². The number of para-hydroxylation sites is 1. The summed E-state index contributed by atoms with van der Waals surface area (Å²) in [6.07, 6.45) is 1.69. The number of nitrogens with one attached hydrogen (secondary N) is 2. The minimum absolute atomic E-state index is 0.0137. The van der Waals surface area contributed by atoms with Gasteiger partial charge in [-0.05, 0) is 36.7 Å². The first-order valence-corrected chi connectivity index (χ1v) is 8.94. The number of benzene rings is 1. The molecule has 7 heteroatoms. The topological polar surface area (TPSA) is 81.7 Å². The van der Waals surface area contributed by atoms with E-state index in [1.165, 1.54) is 0 Å². The van der Waals surface area contributed by atoms with E-state index < -0.39 is 0 Å². The quantitative estimate of drug-likeness (QED) is 0.741. The highest BCUT2D eigenvalue weighted by molar-refractivity contribution is 5.78. The number of aromatic nitrogens is 1. The Hall–Kier alpha value is -2.80. The molecule has 1 amide bonds. The molecule has 1 aliphatic heterocycles. The van der Waals surface area contributed by atoms with Crippen LogP contribution in [0.3, 0.4) is 0 Å². The summed E-state index contributed by atoms with van der Waals surface area (Å²) in [5, 5.41) is 6.16. The van der Waals surface area contributed by atoms with Gasteiger partial charge in [0.15, 0.2) is 11.5 Å². The van der Waals surface area contributed by atoms with Crippen LogP contribution in [-0.4, -0.2) is 38.2 Å². The van der Waals surface area contributed by atoms with Crippen LogP contribution >= 0.6 is 0 Å². The molecule has 1 unspecified atom stereocenters. The van der Waals surface area contributed by atoms with E-state index in [4.69, 9.17) is 14.2 Å². The van der Waals surface area contributed by atoms with E-state index in [1.807, 2.05) is 19.1 Å². The number of nitrogens with zero attached hydrogens (tertiary/aromatic N) is 1. The number of carbonyl (C=O) groups excluding carboxylic acids is 1. The van der Waals surface area contributed by atoms with Gasteiger partial charge in [0.1, 0.15) is 0 Å². The summed E-state index contributed by atoms with van der Waals surface area (Å²) in [7, 11) is 3.14. The van der Waals surface area contributed by atoms with Crippen LogP contribution in [0.2, 0.25) is 0 Å². The van der Waals surface area contributed by atoms with Crippen molar-refractivity contribution in [1.29, 1.82) is 0 Å². The highest BCUT2D eigenvalue weighted by atomic mass is 16.5. The van der Waals surface area contributed by atoms with E-state index in [-0.39, 0.29) is 11.8 Å². The molecule has 2 N–H and O–H groups in total. The van der Waals surface area contributed by atoms with Gasteiger partial charge in [-0.1, -0.05) is 19.1 Å². The van der Waals surface area contributed by atoms with Gasteiger partial charge in [-0.15, -0.1) is 0 Å². The Morgan fingerprint density at radius 3 is 2.44 bits per heavy atom. The predicted octanol–water partition coefficient (Wildman–Crippen LogP) is 2.36. The van der Waals surface area contributed by atoms with Crippen LogP contribution in [0.1, 0.15) is 12.5 Å². The van der Waals surface area contributed by atoms with Gasteiger partial charge >= 0.3 is 0 Å². The van der Waals surface area contributed by atoms with Crippen LogP contribution in [0, 0.1) is 11.8 Å². The summed E-state index contributed by atoms with van der Waals surface area (Å²) >= 11 is 0. The largest absolute Gasteiger partial charge is 0.493 e. The normalized spacial score (nSPS) is 14.8. The molecule has 7 nitrogen and oxygen atoms in total. The third-order valence-corrected chi connectivity index (χ3v) is 4.79. The second-order valence-electron chi connectivity index (χ2n) is 6.52. The summed E-state index contributed by atoms with van der Waals surface area (Å²) in [5.41, 5.74) is 0.904. The zero-order valence-corrected chi connectivity index (χ0v) is 15.8. The Bertz CT molecular complexity index is 753. The van der Waals surface area contributed by atoms with Crippen LogP contribution in [-0.2, 0) is 11.3 Å². The third kappa shape index (κ3) is 4.49. The first-order valence-electron chi connectivity index (χ1n) is 8.94. The number of hydrogen-bond acceptors (Lipinski definition) is 6. The van der Waals surface area contributed by atoms with Crippen molar-refractivity contribution in [2.45, 2.75) is 13.5 Å². The van der Waals surface area contributed by atoms with Crippen molar-refractivity contribution >= 4 is 5.91 Å². The molecule has 1 fully saturated rings. The second-order valence-corrected chi connectivity index (χ2v) is 6.52. The maximum Gasteiger partial charge on any atom is 0.223 e. The van der Waals surface area contributed by atoms with Crippen molar-refractivity contribution in [3.8, 4) is 23.1 Å². The number of pyridine rings is 1. The summed E-state index contributed by atoms with van der Waals surface area (Å²) < 4.78 is 16.5. The van der Waals surface area contributed by atoms with Gasteiger partial charge in [0.05, 0.1) is 14.2 Å². The number of rotatable bonds is 8. The lowest BCUT2D eigenvalue weighted by atomic mass is 9.88. The highest BCUT2D eigenvalue weighted by Crippen LogP contribution is 2.39. The van der Waals surface area contributed by atoms with Crippen molar-refractivity contribution in [3.63, 3.8) is 0 Å². The maximum atomic E-state index is 12.2. The lowest BCUT2D eigenvalue weighted by Crippen LogP contribution is -2.49. The average Bonchev–Trinajstić information content (AvgIpc) is 2.65. The molecule has 1 saturated heterocycles. The first-order chi connectivity index (χ1) is 13.1. The molecule has 27 heavy (non-hydrogen) atoms. The van der Waals surface area contributed by atoms with Crippen LogP contribution in [0.4, 0.5) is 0 Å². The van der Waals surface area contributed by atoms with Crippen LogP contribution < -0.4 is 24.8 Å². The zero-order valence-electron chi connectivity index (χ0n) is 15.8. The van der Waals surface area contributed by atoms with Crippen LogP contribution in [0.15, 0.2) is 36.5 Å². The molecular weight excluding hydrogens is 346 g/mol. The fourth-order valence-electron chi connectivity index (χ4n) is 2.83. The molecule has 0 spiro atoms. The molecule has 0 bridgehead atoms. The number of amides is 1. The first kappa shape index (κ1) is 19.0. The lowest BCUT2D eigenvalue weighted by molar-refractivity contribution is -0.126. The van der Waals surface area contributed by atoms with Gasteiger partial charge in [-0.3, -0.25) is 4.79 Å². The molecule has 1 aromatic carbocycles. The van der Waals surface area contributed by atoms with Crippen molar-refractivity contribution < 1.29 is 19.0 Å². The van der Waals surface area contributed by atoms with Crippen LogP contribution in [0.25, 0.3) is 0 Å². The van der Waals surface area contributed by atoms with E-state index >= 15 is 0 Å². The smallest absolute Gasteiger partial charge is 0.223 e. The van der Waals surface area contributed by atoms with Gasteiger partial charge < -0.3 is 24.8 Å². The molecule has 1 aliphatic rings. The molecular formula is C20H25N3O4. The monoisotopic (exact) mass is 371 g/mol. The molecule has 1 aromatic heterocycles. The summed E-state index contributed by atoms with van der Waals surface area (Å²) in [6.45, 7) is 4.23. The summed E-state index contributed by atoms with van der Waals surface area (Å²) in [4.78, 5) is 16.5. The second kappa shape index (κ2) is 8.73. The maximum absolute atomic E-state index is 12.2. The molecule has 144 valence electrons. The number of hydrogen-bond donors (Lipinski definition) is 2. The average molecular weight is 371 g/mol. The third-order valence-electron chi connectivity index (χ3n) is 4.79. The number of ether oxygens (including phenoxy) is 3. The Morgan fingerprint density at radius 1 is 1.22 bits per heavy atom. The van der Waals surface area contributed by atoms with Gasteiger partial charge in [0.25, 0.3) is 0 Å². The van der Waals surface area contributed by atoms with E-state index in [0.29, 0.717) is 35.6 Å². The lowest BCUT2D eigenvalue weighted by Gasteiger charge is -2.31. The Kier molecular flexibility index (Phi) is 6.13. The van der Waals surface area contributed by atoms with Gasteiger partial charge in [-0.25, -0.2) is 4.98 Å². The Labute approximate surface area is 159 Å². The predicted molar refractivity (Wildman–Crippen MR) is 101 cm³/mol. The van der Waals surface area contributed by atoms with E-state index in [1.54, 1.807) is 38.6 Å². The summed E-state index contributed by atoms with van der Waals surface area (Å²) in [5.74, 6) is 2.52. The Balaban J connectivity index is 1.60. The van der Waals surface area contributed by atoms with Crippen molar-refractivity contribution in [3.05, 3.63) is 42.1 Å². The Morgan fingerprint density at radius 2 is 1.93 bits per heavy atom. The standard InChI is InChI=1S/C20H25N3O4/c1-13(15-11-21-12-15)20(24)23-10-14-7-8-18(22-9-14)27-19-16(25-2)5-4-6-17(19)26-3/h4-9,13,15,21H,10-12H2,1-3H3,(H,23,24). The fourth-order valence-corrected chi connectivity index (χ4v) is 2.83. The van der Waals surface area contributed by atoms with E-state index in [9.17, 15) is 4.79 Å². The molecule has 2 aromatic rings. The summed E-state index contributed by atoms with van der Waals surface area (Å²) in [6, 6.07) is 9.04. The zero-order chi connectivity index (χ0) is 19.2. The van der Waals surface area contributed by atoms with Crippen molar-refractivity contribution in [1.82, 2.24) is 15.6 Å². The molecule has 2 heterocycles. The number of methoxy groups -OCH3 is 2. The number of carbonyl (C=O) groups is 1. The van der Waals surface area contributed by atoms with Crippen molar-refractivity contribution in [2.75, 3.05) is 27.3 Å². The molecule has 0 aliphatic carbocycles. The molecule has 0 saturated carbocycles. The SMILES string of the molecule is COc1cccc(OC)c1Oc1ccc(CNC(=O)C(C)C2CNC2)cn1. The molecule has 1 atom stereocenters.